The highest BCUT2D eigenvalue weighted by atomic mass is 32.2. The van der Waals surface area contributed by atoms with E-state index in [0.29, 0.717) is 21.5 Å². The van der Waals surface area contributed by atoms with Crippen LogP contribution in [0.4, 0.5) is 11.4 Å². The summed E-state index contributed by atoms with van der Waals surface area (Å²) in [6, 6.07) is 11.2. The molecule has 0 saturated carbocycles. The third kappa shape index (κ3) is 4.87. The van der Waals surface area contributed by atoms with E-state index in [1.165, 1.54) is 44.0 Å². The van der Waals surface area contributed by atoms with Crippen LogP contribution in [-0.4, -0.2) is 36.2 Å². The van der Waals surface area contributed by atoms with E-state index >= 15 is 0 Å². The van der Waals surface area contributed by atoms with E-state index < -0.39 is 10.0 Å². The summed E-state index contributed by atoms with van der Waals surface area (Å²) >= 11 is 1.29. The maximum atomic E-state index is 13.0. The van der Waals surface area contributed by atoms with Gasteiger partial charge in [0, 0.05) is 18.9 Å². The van der Waals surface area contributed by atoms with E-state index in [1.54, 1.807) is 42.2 Å². The van der Waals surface area contributed by atoms with Crippen molar-refractivity contribution in [2.75, 3.05) is 17.1 Å². The molecule has 3 aromatic rings. The Kier molecular flexibility index (Phi) is 6.09. The Morgan fingerprint density at radius 2 is 1.93 bits per heavy atom. The van der Waals surface area contributed by atoms with Gasteiger partial charge in [0.2, 0.25) is 5.91 Å². The molecule has 2 aromatic carbocycles. The number of hydrogen-bond donors (Lipinski definition) is 2. The van der Waals surface area contributed by atoms with Crippen molar-refractivity contribution >= 4 is 39.1 Å². The summed E-state index contributed by atoms with van der Waals surface area (Å²) in [5, 5.41) is 11.0. The van der Waals surface area contributed by atoms with Crippen LogP contribution in [0.25, 0.3) is 0 Å². The Hall–Kier alpha value is -3.05. The summed E-state index contributed by atoms with van der Waals surface area (Å²) in [5.41, 5.74) is 0.669. The zero-order valence-electron chi connectivity index (χ0n) is 15.9. The fourth-order valence-corrected chi connectivity index (χ4v) is 4.47. The SMILES string of the molecule is COc1ccc(S(=O)(=O)Nc2ccccc2Sc2nncn2C)cc1NC(C)=O. The fraction of sp³-hybridized carbons (Fsp3) is 0.167. The van der Waals surface area contributed by atoms with Gasteiger partial charge >= 0.3 is 0 Å². The summed E-state index contributed by atoms with van der Waals surface area (Å²) in [6.07, 6.45) is 1.57. The summed E-state index contributed by atoms with van der Waals surface area (Å²) in [6.45, 7) is 1.33. The number of hydrogen-bond acceptors (Lipinski definition) is 7. The van der Waals surface area contributed by atoms with Gasteiger partial charge in [-0.2, -0.15) is 0 Å². The number of benzene rings is 2. The van der Waals surface area contributed by atoms with E-state index in [1.807, 2.05) is 0 Å². The first-order valence-corrected chi connectivity index (χ1v) is 10.7. The number of para-hydroxylation sites is 1. The molecular weight excluding hydrogens is 414 g/mol. The molecule has 1 amide bonds. The maximum Gasteiger partial charge on any atom is 0.262 e. The molecule has 11 heteroatoms. The van der Waals surface area contributed by atoms with E-state index in [-0.39, 0.29) is 16.5 Å². The molecule has 1 heterocycles. The lowest BCUT2D eigenvalue weighted by Gasteiger charge is -2.14. The standard InChI is InChI=1S/C18H19N5O4S2/c1-12(24)20-15-10-13(8-9-16(15)27-3)29(25,26)22-14-6-4-5-7-17(14)28-18-21-19-11-23(18)2/h4-11,22H,1-3H3,(H,20,24). The van der Waals surface area contributed by atoms with Crippen LogP contribution >= 0.6 is 11.8 Å². The Morgan fingerprint density at radius 3 is 2.59 bits per heavy atom. The van der Waals surface area contributed by atoms with Gasteiger partial charge in [0.1, 0.15) is 12.1 Å². The molecule has 152 valence electrons. The molecule has 1 aromatic heterocycles. The maximum absolute atomic E-state index is 13.0. The second-order valence-corrected chi connectivity index (χ2v) is 8.66. The Morgan fingerprint density at radius 1 is 1.17 bits per heavy atom. The number of nitrogens with zero attached hydrogens (tertiary/aromatic N) is 3. The van der Waals surface area contributed by atoms with Crippen LogP contribution < -0.4 is 14.8 Å². The highest BCUT2D eigenvalue weighted by molar-refractivity contribution is 7.99. The average Bonchev–Trinajstić information content (AvgIpc) is 3.07. The molecule has 0 spiro atoms. The molecule has 0 aliphatic rings. The highest BCUT2D eigenvalue weighted by Gasteiger charge is 2.19. The van der Waals surface area contributed by atoms with Crippen LogP contribution in [0, 0.1) is 0 Å². The molecule has 0 aliphatic carbocycles. The molecule has 0 fully saturated rings. The van der Waals surface area contributed by atoms with E-state index in [4.69, 9.17) is 4.74 Å². The van der Waals surface area contributed by atoms with Crippen LogP contribution in [0.5, 0.6) is 5.75 Å². The first-order valence-electron chi connectivity index (χ1n) is 8.39. The third-order valence-electron chi connectivity index (χ3n) is 3.79. The number of sulfonamides is 1. The molecule has 0 aliphatic heterocycles. The van der Waals surface area contributed by atoms with Crippen LogP contribution in [0.1, 0.15) is 6.92 Å². The second-order valence-electron chi connectivity index (χ2n) is 5.97. The Bertz CT molecular complexity index is 1140. The normalized spacial score (nSPS) is 11.1. The van der Waals surface area contributed by atoms with Crippen LogP contribution in [0.15, 0.2) is 63.7 Å². The molecule has 0 bridgehead atoms. The molecule has 2 N–H and O–H groups in total. The van der Waals surface area contributed by atoms with Crippen molar-refractivity contribution in [3.8, 4) is 5.75 Å². The van der Waals surface area contributed by atoms with Gasteiger partial charge in [-0.25, -0.2) is 8.42 Å². The van der Waals surface area contributed by atoms with Crippen molar-refractivity contribution in [1.82, 2.24) is 14.8 Å². The third-order valence-corrected chi connectivity index (χ3v) is 6.29. The van der Waals surface area contributed by atoms with Gasteiger partial charge in [-0.1, -0.05) is 12.1 Å². The molecular formula is C18H19N5O4S2. The largest absolute Gasteiger partial charge is 0.495 e. The van der Waals surface area contributed by atoms with Crippen molar-refractivity contribution in [1.29, 1.82) is 0 Å². The Balaban J connectivity index is 1.92. The molecule has 29 heavy (non-hydrogen) atoms. The lowest BCUT2D eigenvalue weighted by Crippen LogP contribution is -2.15. The van der Waals surface area contributed by atoms with Crippen molar-refractivity contribution in [3.05, 3.63) is 48.8 Å². The van der Waals surface area contributed by atoms with Crippen LogP contribution in [-0.2, 0) is 21.9 Å². The quantitative estimate of drug-likeness (QED) is 0.589. The monoisotopic (exact) mass is 433 g/mol. The number of carbonyl (C=O) groups excluding carboxylic acids is 1. The van der Waals surface area contributed by atoms with E-state index in [9.17, 15) is 13.2 Å². The summed E-state index contributed by atoms with van der Waals surface area (Å²) in [7, 11) is -0.682. The van der Waals surface area contributed by atoms with Crippen molar-refractivity contribution < 1.29 is 17.9 Å². The van der Waals surface area contributed by atoms with Crippen molar-refractivity contribution in [3.63, 3.8) is 0 Å². The first-order chi connectivity index (χ1) is 13.8. The van der Waals surface area contributed by atoms with Crippen molar-refractivity contribution in [2.24, 2.45) is 7.05 Å². The highest BCUT2D eigenvalue weighted by Crippen LogP contribution is 2.34. The lowest BCUT2D eigenvalue weighted by molar-refractivity contribution is -0.114. The molecule has 0 unspecified atom stereocenters. The first kappa shape index (κ1) is 20.7. The van der Waals surface area contributed by atoms with Crippen LogP contribution in [0.2, 0.25) is 0 Å². The van der Waals surface area contributed by atoms with Crippen LogP contribution in [0.3, 0.4) is 0 Å². The second kappa shape index (κ2) is 8.53. The van der Waals surface area contributed by atoms with Gasteiger partial charge in [0.25, 0.3) is 10.0 Å². The van der Waals surface area contributed by atoms with Crippen molar-refractivity contribution in [2.45, 2.75) is 21.9 Å². The molecule has 0 saturated heterocycles. The number of rotatable bonds is 7. The number of nitrogens with one attached hydrogen (secondary N) is 2. The topological polar surface area (TPSA) is 115 Å². The predicted octanol–water partition coefficient (Wildman–Crippen LogP) is 2.73. The molecule has 3 rings (SSSR count). The van der Waals surface area contributed by atoms with E-state index in [0.717, 1.165) is 0 Å². The molecule has 0 atom stereocenters. The minimum absolute atomic E-state index is 0.0134. The van der Waals surface area contributed by atoms with Gasteiger partial charge in [-0.15, -0.1) is 10.2 Å². The number of aromatic nitrogens is 3. The number of carbonyl (C=O) groups is 1. The summed E-state index contributed by atoms with van der Waals surface area (Å²) in [5.74, 6) is 0.0219. The zero-order chi connectivity index (χ0) is 21.0. The minimum atomic E-state index is -3.92. The lowest BCUT2D eigenvalue weighted by atomic mass is 10.3. The summed E-state index contributed by atoms with van der Waals surface area (Å²) < 4.78 is 35.4. The van der Waals surface area contributed by atoms with Gasteiger partial charge in [0.15, 0.2) is 5.16 Å². The smallest absolute Gasteiger partial charge is 0.262 e. The predicted molar refractivity (Wildman–Crippen MR) is 110 cm³/mol. The number of aryl methyl sites for hydroxylation is 1. The number of anilines is 2. The minimum Gasteiger partial charge on any atom is -0.495 e. The number of amides is 1. The average molecular weight is 434 g/mol. The Labute approximate surface area is 172 Å². The van der Waals surface area contributed by atoms with Gasteiger partial charge in [-0.05, 0) is 42.1 Å². The molecule has 0 radical (unpaired) electrons. The number of ether oxygens (including phenoxy) is 1. The van der Waals surface area contributed by atoms with Gasteiger partial charge in [-0.3, -0.25) is 9.52 Å². The number of methoxy groups -OCH3 is 1. The van der Waals surface area contributed by atoms with Gasteiger partial charge < -0.3 is 14.6 Å². The van der Waals surface area contributed by atoms with Gasteiger partial charge in [0.05, 0.1) is 23.4 Å². The zero-order valence-corrected chi connectivity index (χ0v) is 17.5. The fourth-order valence-electron chi connectivity index (χ4n) is 2.45. The summed E-state index contributed by atoms with van der Waals surface area (Å²) in [4.78, 5) is 12.1. The van der Waals surface area contributed by atoms with E-state index in [2.05, 4.69) is 20.2 Å². The molecule has 9 nitrogen and oxygen atoms in total.